The molecule has 2 heterocycles. The first-order valence-electron chi connectivity index (χ1n) is 5.60. The quantitative estimate of drug-likeness (QED) is 0.716. The van der Waals surface area contributed by atoms with Crippen molar-refractivity contribution >= 4 is 24.3 Å². The van der Waals surface area contributed by atoms with Crippen LogP contribution < -0.4 is 5.46 Å². The minimum atomic E-state index is -0.754. The molecule has 0 saturated carbocycles. The van der Waals surface area contributed by atoms with Gasteiger partial charge in [0.2, 0.25) is 0 Å². The van der Waals surface area contributed by atoms with E-state index in [1.165, 1.54) is 0 Å². The highest BCUT2D eigenvalue weighted by atomic mass is 32.2. The molecule has 1 fully saturated rings. The first kappa shape index (κ1) is 10.7. The fourth-order valence-corrected chi connectivity index (χ4v) is 3.26. The monoisotopic (exact) mass is 235 g/mol. The Labute approximate surface area is 99.9 Å². The van der Waals surface area contributed by atoms with Gasteiger partial charge in [-0.05, 0) is 11.0 Å². The Bertz CT molecular complexity index is 384. The molecule has 0 aliphatic carbocycles. The van der Waals surface area contributed by atoms with Gasteiger partial charge in [-0.1, -0.05) is 24.3 Å². The van der Waals surface area contributed by atoms with Crippen LogP contribution >= 0.6 is 11.8 Å². The van der Waals surface area contributed by atoms with Crippen molar-refractivity contribution in [3.63, 3.8) is 0 Å². The maximum atomic E-state index is 9.83. The lowest BCUT2D eigenvalue weighted by atomic mass is 9.79. The number of rotatable bonds is 1. The van der Waals surface area contributed by atoms with Gasteiger partial charge in [-0.3, -0.25) is 4.90 Å². The summed E-state index contributed by atoms with van der Waals surface area (Å²) in [5.41, 5.74) is 2.05. The number of benzene rings is 1. The fraction of sp³-hybridized carbons (Fsp3) is 0.455. The average molecular weight is 235 g/mol. The van der Waals surface area contributed by atoms with Gasteiger partial charge in [0.15, 0.2) is 0 Å². The molecular formula is C11H14BNO2S. The summed E-state index contributed by atoms with van der Waals surface area (Å²) in [4.78, 5) is 2.31. The van der Waals surface area contributed by atoms with E-state index in [-0.39, 0.29) is 6.23 Å². The van der Waals surface area contributed by atoms with Gasteiger partial charge in [0, 0.05) is 24.6 Å². The highest BCUT2D eigenvalue weighted by Gasteiger charge is 2.38. The van der Waals surface area contributed by atoms with Crippen LogP contribution in [-0.2, 0) is 4.65 Å². The minimum absolute atomic E-state index is 0.0490. The van der Waals surface area contributed by atoms with Crippen LogP contribution in [0, 0.1) is 0 Å². The van der Waals surface area contributed by atoms with E-state index >= 15 is 0 Å². The molecule has 16 heavy (non-hydrogen) atoms. The number of thioether (sulfide) groups is 1. The summed E-state index contributed by atoms with van der Waals surface area (Å²) >= 11 is 1.98. The van der Waals surface area contributed by atoms with Crippen molar-refractivity contribution in [2.75, 3.05) is 24.6 Å². The normalized spacial score (nSPS) is 25.8. The number of nitrogens with zero attached hydrogens (tertiary/aromatic N) is 1. The molecule has 1 aromatic rings. The van der Waals surface area contributed by atoms with Gasteiger partial charge >= 0.3 is 7.12 Å². The van der Waals surface area contributed by atoms with Crippen LogP contribution in [-0.4, -0.2) is 41.6 Å². The van der Waals surface area contributed by atoms with Gasteiger partial charge in [0.1, 0.15) is 6.23 Å². The summed E-state index contributed by atoms with van der Waals surface area (Å²) in [6, 6.07) is 7.95. The third-order valence-corrected chi connectivity index (χ3v) is 4.11. The Balaban J connectivity index is 1.87. The molecular weight excluding hydrogens is 221 g/mol. The largest absolute Gasteiger partial charge is 0.492 e. The zero-order chi connectivity index (χ0) is 11.0. The molecule has 1 N–H and O–H groups in total. The van der Waals surface area contributed by atoms with Gasteiger partial charge in [-0.15, -0.1) is 0 Å². The average Bonchev–Trinajstić information content (AvgIpc) is 2.69. The van der Waals surface area contributed by atoms with Crippen molar-refractivity contribution in [1.82, 2.24) is 4.90 Å². The predicted octanol–water partition coefficient (Wildman–Crippen LogP) is 0.452. The molecule has 84 valence electrons. The zero-order valence-electron chi connectivity index (χ0n) is 9.00. The third-order valence-electron chi connectivity index (χ3n) is 3.16. The summed E-state index contributed by atoms with van der Waals surface area (Å²) in [5, 5.41) is 9.83. The molecule has 1 aromatic carbocycles. The van der Waals surface area contributed by atoms with Crippen molar-refractivity contribution in [2.24, 2.45) is 0 Å². The summed E-state index contributed by atoms with van der Waals surface area (Å²) < 4.78 is 5.64. The van der Waals surface area contributed by atoms with Crippen molar-refractivity contribution in [3.8, 4) is 0 Å². The van der Waals surface area contributed by atoms with Crippen LogP contribution in [0.2, 0.25) is 0 Å². The van der Waals surface area contributed by atoms with Crippen LogP contribution in [0.15, 0.2) is 24.3 Å². The molecule has 1 saturated heterocycles. The highest BCUT2D eigenvalue weighted by Crippen LogP contribution is 2.28. The predicted molar refractivity (Wildman–Crippen MR) is 66.8 cm³/mol. The van der Waals surface area contributed by atoms with Crippen molar-refractivity contribution in [3.05, 3.63) is 29.8 Å². The lowest BCUT2D eigenvalue weighted by Gasteiger charge is -2.32. The van der Waals surface area contributed by atoms with E-state index < -0.39 is 7.12 Å². The van der Waals surface area contributed by atoms with Crippen LogP contribution in [0.5, 0.6) is 0 Å². The third kappa shape index (κ3) is 1.78. The van der Waals surface area contributed by atoms with Gasteiger partial charge in [-0.2, -0.15) is 11.8 Å². The van der Waals surface area contributed by atoms with E-state index in [1.54, 1.807) is 0 Å². The summed E-state index contributed by atoms with van der Waals surface area (Å²) in [7, 11) is -0.754. The molecule has 3 rings (SSSR count). The highest BCUT2D eigenvalue weighted by molar-refractivity contribution is 7.99. The van der Waals surface area contributed by atoms with E-state index in [9.17, 15) is 5.02 Å². The number of hydrogen-bond acceptors (Lipinski definition) is 4. The van der Waals surface area contributed by atoms with E-state index in [4.69, 9.17) is 4.65 Å². The smallest absolute Gasteiger partial charge is 0.423 e. The Morgan fingerprint density at radius 2 is 2.06 bits per heavy atom. The summed E-state index contributed by atoms with van der Waals surface area (Å²) in [6.07, 6.45) is -0.0490. The molecule has 0 spiro atoms. The Kier molecular flexibility index (Phi) is 2.94. The van der Waals surface area contributed by atoms with Crippen LogP contribution in [0.4, 0.5) is 0 Å². The van der Waals surface area contributed by atoms with E-state index in [0.717, 1.165) is 35.6 Å². The zero-order valence-corrected chi connectivity index (χ0v) is 9.82. The molecule has 1 atom stereocenters. The molecule has 0 unspecified atom stereocenters. The molecule has 3 nitrogen and oxygen atoms in total. The summed E-state index contributed by atoms with van der Waals surface area (Å²) in [5.74, 6) is 2.30. The second kappa shape index (κ2) is 4.41. The minimum Gasteiger partial charge on any atom is -0.423 e. The molecule has 2 aliphatic heterocycles. The second-order valence-corrected chi connectivity index (χ2v) is 5.34. The summed E-state index contributed by atoms with van der Waals surface area (Å²) in [6.45, 7) is 2.08. The maximum Gasteiger partial charge on any atom is 0.492 e. The maximum absolute atomic E-state index is 9.83. The van der Waals surface area contributed by atoms with E-state index in [0.29, 0.717) is 0 Å². The Hall–Kier alpha value is -0.485. The first-order valence-corrected chi connectivity index (χ1v) is 6.76. The number of fused-ring (bicyclic) bond motifs is 1. The van der Waals surface area contributed by atoms with Crippen molar-refractivity contribution in [2.45, 2.75) is 6.23 Å². The van der Waals surface area contributed by atoms with Crippen LogP contribution in [0.1, 0.15) is 11.8 Å². The van der Waals surface area contributed by atoms with E-state index in [2.05, 4.69) is 11.0 Å². The lowest BCUT2D eigenvalue weighted by molar-refractivity contribution is 0.0276. The molecule has 2 aliphatic rings. The number of hydrogen-bond donors (Lipinski definition) is 1. The van der Waals surface area contributed by atoms with Crippen LogP contribution in [0.25, 0.3) is 0 Å². The topological polar surface area (TPSA) is 32.7 Å². The van der Waals surface area contributed by atoms with Gasteiger partial charge in [0.25, 0.3) is 0 Å². The molecule has 0 radical (unpaired) electrons. The molecule has 0 aromatic heterocycles. The van der Waals surface area contributed by atoms with Gasteiger partial charge in [-0.25, -0.2) is 0 Å². The lowest BCUT2D eigenvalue weighted by Crippen LogP contribution is -2.36. The molecule has 0 amide bonds. The SMILES string of the molecule is OB1O[C@H](N2CCSCC2)c2ccccc21. The fourth-order valence-electron chi connectivity index (χ4n) is 2.32. The molecule has 5 heteroatoms. The van der Waals surface area contributed by atoms with Crippen molar-refractivity contribution < 1.29 is 9.68 Å². The Morgan fingerprint density at radius 1 is 1.31 bits per heavy atom. The van der Waals surface area contributed by atoms with Gasteiger partial charge < -0.3 is 9.68 Å². The first-order chi connectivity index (χ1) is 7.86. The molecule has 0 bridgehead atoms. The second-order valence-electron chi connectivity index (χ2n) is 4.12. The van der Waals surface area contributed by atoms with Gasteiger partial charge in [0.05, 0.1) is 0 Å². The Morgan fingerprint density at radius 3 is 2.88 bits per heavy atom. The standard InChI is InChI=1S/C11H14BNO2S/c14-12-10-4-2-1-3-9(10)11(15-12)13-5-7-16-8-6-13/h1-4,11,14H,5-8H2/t11-/m0/s1. The van der Waals surface area contributed by atoms with Crippen LogP contribution in [0.3, 0.4) is 0 Å². The van der Waals surface area contributed by atoms with E-state index in [1.807, 2.05) is 30.0 Å². The van der Waals surface area contributed by atoms with Crippen molar-refractivity contribution in [1.29, 1.82) is 0 Å².